The van der Waals surface area contributed by atoms with Crippen molar-refractivity contribution >= 4 is 6.21 Å². The highest BCUT2D eigenvalue weighted by Crippen LogP contribution is 2.20. The van der Waals surface area contributed by atoms with Crippen LogP contribution >= 0.6 is 0 Å². The van der Waals surface area contributed by atoms with Crippen LogP contribution in [0.1, 0.15) is 70.6 Å². The third-order valence-corrected chi connectivity index (χ3v) is 4.96. The monoisotopic (exact) mass is 323 g/mol. The molecule has 132 valence electrons. The molecule has 0 bridgehead atoms. The van der Waals surface area contributed by atoms with Crippen LogP contribution in [0.15, 0.2) is 17.6 Å². The minimum absolute atomic E-state index is 0.0498. The van der Waals surface area contributed by atoms with Crippen LogP contribution in [-0.2, 0) is 4.74 Å². The van der Waals surface area contributed by atoms with Crippen LogP contribution < -0.4 is 0 Å². The van der Waals surface area contributed by atoms with Gasteiger partial charge >= 0.3 is 0 Å². The lowest BCUT2D eigenvalue weighted by molar-refractivity contribution is -0.0261. The van der Waals surface area contributed by atoms with Crippen LogP contribution in [0.5, 0.6) is 0 Å². The first-order valence-electron chi connectivity index (χ1n) is 9.26. The summed E-state index contributed by atoms with van der Waals surface area (Å²) in [7, 11) is 1.97. The maximum atomic E-state index is 8.80. The Morgan fingerprint density at radius 1 is 1.00 bits per heavy atom. The van der Waals surface area contributed by atoms with E-state index in [1.807, 2.05) is 24.3 Å². The Morgan fingerprint density at radius 2 is 1.57 bits per heavy atom. The molecule has 2 aliphatic rings. The smallest absolute Gasteiger partial charge is 0.142 e. The van der Waals surface area contributed by atoms with Crippen molar-refractivity contribution in [3.05, 3.63) is 12.4 Å². The third kappa shape index (κ3) is 6.42. The second-order valence-corrected chi connectivity index (χ2v) is 6.83. The Kier molecular flexibility index (Phi) is 8.29. The third-order valence-electron chi connectivity index (χ3n) is 4.96. The predicted octanol–water partition coefficient (Wildman–Crippen LogP) is 4.14. The van der Waals surface area contributed by atoms with Crippen LogP contribution in [0.2, 0.25) is 0 Å². The first-order chi connectivity index (χ1) is 11.3. The van der Waals surface area contributed by atoms with Gasteiger partial charge in [-0.25, -0.2) is 0 Å². The van der Waals surface area contributed by atoms with Crippen LogP contribution in [0, 0.1) is 0 Å². The van der Waals surface area contributed by atoms with Gasteiger partial charge in [0, 0.05) is 19.4 Å². The quantitative estimate of drug-likeness (QED) is 0.480. The highest BCUT2D eigenvalue weighted by atomic mass is 16.5. The van der Waals surface area contributed by atoms with Gasteiger partial charge in [-0.1, -0.05) is 62.9 Å². The summed E-state index contributed by atoms with van der Waals surface area (Å²) in [5.41, 5.74) is 0. The van der Waals surface area contributed by atoms with Gasteiger partial charge in [-0.15, -0.1) is 0 Å². The van der Waals surface area contributed by atoms with E-state index in [-0.39, 0.29) is 6.17 Å². The minimum Gasteiger partial charge on any atom is -0.411 e. The fraction of sp³-hybridized carbons (Fsp3) is 0.833. The topological polar surface area (TPSA) is 48.3 Å². The lowest BCUT2D eigenvalue weighted by Crippen LogP contribution is -2.39. The molecule has 1 unspecified atom stereocenters. The first-order valence-corrected chi connectivity index (χ1v) is 9.26. The molecule has 0 spiro atoms. The van der Waals surface area contributed by atoms with Gasteiger partial charge in [-0.05, 0) is 12.8 Å². The van der Waals surface area contributed by atoms with Gasteiger partial charge in [0.25, 0.3) is 0 Å². The van der Waals surface area contributed by atoms with Crippen LogP contribution in [-0.4, -0.2) is 47.3 Å². The van der Waals surface area contributed by atoms with Crippen molar-refractivity contribution in [2.24, 2.45) is 5.16 Å². The first kappa shape index (κ1) is 18.1. The van der Waals surface area contributed by atoms with Gasteiger partial charge in [0.05, 0.1) is 12.3 Å². The van der Waals surface area contributed by atoms with Crippen molar-refractivity contribution in [1.82, 2.24) is 9.80 Å². The molecule has 1 aliphatic heterocycles. The van der Waals surface area contributed by atoms with Gasteiger partial charge in [0.1, 0.15) is 12.9 Å². The average Bonchev–Trinajstić information content (AvgIpc) is 2.88. The number of oxime groups is 1. The predicted molar refractivity (Wildman–Crippen MR) is 93.3 cm³/mol. The van der Waals surface area contributed by atoms with Gasteiger partial charge in [-0.2, -0.15) is 0 Å². The van der Waals surface area contributed by atoms with E-state index in [0.29, 0.717) is 12.8 Å². The maximum Gasteiger partial charge on any atom is 0.142 e. The standard InChI is InChI=1S/C18H33N3O2/c1-20-13-14-21(18(20)15-19-22)16-23-17-11-9-7-5-3-2-4-6-8-10-12-17/h13-15,17-18,22H,2-12,16H2,1H3/b19-15-. The molecule has 0 radical (unpaired) electrons. The molecule has 2 rings (SSSR count). The fourth-order valence-electron chi connectivity index (χ4n) is 3.45. The van der Waals surface area contributed by atoms with E-state index < -0.39 is 0 Å². The lowest BCUT2D eigenvalue weighted by atomic mass is 9.99. The van der Waals surface area contributed by atoms with E-state index in [2.05, 4.69) is 10.1 Å². The zero-order valence-electron chi connectivity index (χ0n) is 14.6. The number of rotatable bonds is 4. The molecule has 0 aromatic heterocycles. The SMILES string of the molecule is CN1C=CN(COC2CCCCCCCCCCC2)C1/C=N\O. The highest BCUT2D eigenvalue weighted by molar-refractivity contribution is 5.64. The molecule has 1 N–H and O–H groups in total. The average molecular weight is 323 g/mol. The van der Waals surface area contributed by atoms with E-state index in [1.54, 1.807) is 0 Å². The van der Waals surface area contributed by atoms with Crippen molar-refractivity contribution in [1.29, 1.82) is 0 Å². The molecule has 1 fully saturated rings. The van der Waals surface area contributed by atoms with Crippen molar-refractivity contribution in [3.63, 3.8) is 0 Å². The summed E-state index contributed by atoms with van der Waals surface area (Å²) in [6.45, 7) is 0.558. The Bertz CT molecular complexity index is 361. The zero-order chi connectivity index (χ0) is 16.3. The van der Waals surface area contributed by atoms with Gasteiger partial charge in [0.2, 0.25) is 0 Å². The van der Waals surface area contributed by atoms with Crippen molar-refractivity contribution in [3.8, 4) is 0 Å². The molecular formula is C18H33N3O2. The molecule has 1 atom stereocenters. The molecule has 1 aliphatic carbocycles. The molecule has 0 amide bonds. The second-order valence-electron chi connectivity index (χ2n) is 6.83. The fourth-order valence-corrected chi connectivity index (χ4v) is 3.45. The van der Waals surface area contributed by atoms with Crippen molar-refractivity contribution in [2.45, 2.75) is 82.9 Å². The largest absolute Gasteiger partial charge is 0.411 e. The van der Waals surface area contributed by atoms with Crippen molar-refractivity contribution in [2.75, 3.05) is 13.8 Å². The summed E-state index contributed by atoms with van der Waals surface area (Å²) in [5, 5.41) is 12.0. The van der Waals surface area contributed by atoms with E-state index in [0.717, 1.165) is 0 Å². The van der Waals surface area contributed by atoms with Crippen LogP contribution in [0.3, 0.4) is 0 Å². The van der Waals surface area contributed by atoms with Gasteiger partial charge in [0.15, 0.2) is 0 Å². The summed E-state index contributed by atoms with van der Waals surface area (Å²) < 4.78 is 6.20. The van der Waals surface area contributed by atoms with E-state index in [9.17, 15) is 0 Å². The Hall–Kier alpha value is -1.23. The van der Waals surface area contributed by atoms with Crippen LogP contribution in [0.25, 0.3) is 0 Å². The minimum atomic E-state index is -0.0498. The number of hydrogen-bond acceptors (Lipinski definition) is 5. The van der Waals surface area contributed by atoms with Crippen molar-refractivity contribution < 1.29 is 9.94 Å². The summed E-state index contributed by atoms with van der Waals surface area (Å²) in [6, 6.07) is 0. The van der Waals surface area contributed by atoms with Gasteiger partial charge in [-0.3, -0.25) is 0 Å². The molecule has 23 heavy (non-hydrogen) atoms. The number of ether oxygens (including phenoxy) is 1. The Balaban J connectivity index is 1.77. The maximum absolute atomic E-state index is 8.80. The Labute approximate surface area is 141 Å². The highest BCUT2D eigenvalue weighted by Gasteiger charge is 2.23. The lowest BCUT2D eigenvalue weighted by Gasteiger charge is -2.28. The summed E-state index contributed by atoms with van der Waals surface area (Å²) >= 11 is 0. The molecule has 0 aromatic carbocycles. The summed E-state index contributed by atoms with van der Waals surface area (Å²) in [4.78, 5) is 4.07. The normalized spacial score (nSPS) is 25.7. The second kappa shape index (κ2) is 10.5. The molecule has 5 heteroatoms. The summed E-state index contributed by atoms with van der Waals surface area (Å²) in [6.07, 6.45) is 20.4. The van der Waals surface area contributed by atoms with Crippen LogP contribution in [0.4, 0.5) is 0 Å². The summed E-state index contributed by atoms with van der Waals surface area (Å²) in [5.74, 6) is 0. The molecule has 1 saturated carbocycles. The van der Waals surface area contributed by atoms with Gasteiger partial charge < -0.3 is 19.7 Å². The number of nitrogens with zero attached hydrogens (tertiary/aromatic N) is 3. The van der Waals surface area contributed by atoms with E-state index in [4.69, 9.17) is 9.94 Å². The molecular weight excluding hydrogens is 290 g/mol. The van der Waals surface area contributed by atoms with E-state index >= 15 is 0 Å². The van der Waals surface area contributed by atoms with E-state index in [1.165, 1.54) is 76.8 Å². The number of hydrogen-bond donors (Lipinski definition) is 1. The molecule has 0 saturated heterocycles. The molecule has 0 aromatic rings. The molecule has 5 nitrogen and oxygen atoms in total. The Morgan fingerprint density at radius 3 is 2.13 bits per heavy atom. The zero-order valence-corrected chi connectivity index (χ0v) is 14.6. The molecule has 1 heterocycles.